The van der Waals surface area contributed by atoms with Crippen molar-refractivity contribution in [1.82, 2.24) is 0 Å². The molecule has 14 bridgehead atoms. The van der Waals surface area contributed by atoms with E-state index in [1.807, 2.05) is 0 Å². The predicted octanol–water partition coefficient (Wildman–Crippen LogP) is 9.43. The zero-order valence-electron chi connectivity index (χ0n) is 80.2. The van der Waals surface area contributed by atoms with Crippen LogP contribution >= 0.6 is 0 Å². The van der Waals surface area contributed by atoms with Crippen LogP contribution < -0.4 is 0 Å². The Labute approximate surface area is 753 Å². The minimum absolute atomic E-state index is 0.0199. The molecule has 126 heavy (non-hydrogen) atoms. The summed E-state index contributed by atoms with van der Waals surface area (Å²) in [5.74, 6) is 0. The summed E-state index contributed by atoms with van der Waals surface area (Å²) in [6, 6.07) is 0. The van der Waals surface area contributed by atoms with E-state index in [1.165, 1.54) is 0 Å². The number of hydrogen-bond acceptors (Lipinski definition) is 35. The highest BCUT2D eigenvalue weighted by molar-refractivity contribution is 5.05. The van der Waals surface area contributed by atoms with E-state index >= 15 is 0 Å². The minimum atomic E-state index is -1.23. The molecule has 0 N–H and O–H groups in total. The second-order valence-corrected chi connectivity index (χ2v) is 33.9. The first-order chi connectivity index (χ1) is 61.7. The molecule has 742 valence electrons. The summed E-state index contributed by atoms with van der Waals surface area (Å²) in [5, 5.41) is 0. The molecule has 21 fully saturated rings. The molecule has 0 aromatic carbocycles. The second-order valence-electron chi connectivity index (χ2n) is 33.9. The van der Waals surface area contributed by atoms with Gasteiger partial charge in [-0.15, -0.1) is 0 Å². The number of hydrogen-bond donors (Lipinski definition) is 0. The standard InChI is InChI=1S/C91H168O35/c1-22-29-36-43-106-71-64-57(50-92-8)113-85(78(71)99-15)121-65-58(51-93-9)115-87(80(101-17)72(65)107-44-37-30-23-2)123-67-60(53-95-11)117-89(82(103-19)74(67)109-46-39-32-25-4)125-69-62(55-97-13)119-91(84(105-21)76(69)111-48-41-34-27-6)126-70-63(56-98-14)118-90(83(104-20)77(70)112-49-42-35-28-7)124-68-61(54-96-12)116-88(81(102-18)75(68)110-47-40-33-26-5)122-66-59(52-94-10)114-86(120-64)79(100-16)73(66)108-45-38-31-24-3/h57-91H,22-56H2,1-21H3/t57-,58-,59-,60-,61-,62-,63-,64-,65-,66-,67-,68-,69-,70-,71+,72+,73+,74+,75+,76+,77+,78-,79-,80-,81-,82-,83-,84-,85-,86-,87-,88-,89-,90-,91-/m1/s1. The molecule has 21 aliphatic rings. The van der Waals surface area contributed by atoms with Crippen molar-refractivity contribution in [3.63, 3.8) is 0 Å². The van der Waals surface area contributed by atoms with Crippen LogP contribution in [0.3, 0.4) is 0 Å². The van der Waals surface area contributed by atoms with Gasteiger partial charge in [0.15, 0.2) is 44.0 Å². The summed E-state index contributed by atoms with van der Waals surface area (Å²) in [6.07, 6.45) is -18.4. The lowest BCUT2D eigenvalue weighted by Crippen LogP contribution is -2.69. The molecule has 35 atom stereocenters. The average molecular weight is 1820 g/mol. The highest BCUT2D eigenvalue weighted by Crippen LogP contribution is 2.44. The lowest BCUT2D eigenvalue weighted by molar-refractivity contribution is -0.405. The molecule has 21 aliphatic heterocycles. The van der Waals surface area contributed by atoms with Crippen molar-refractivity contribution in [2.24, 2.45) is 0 Å². The van der Waals surface area contributed by atoms with Gasteiger partial charge in [0.25, 0.3) is 0 Å². The van der Waals surface area contributed by atoms with Gasteiger partial charge in [0.05, 0.1) is 46.2 Å². The Kier molecular flexibility index (Phi) is 53.8. The Bertz CT molecular complexity index is 2220. The second kappa shape index (κ2) is 61.6. The van der Waals surface area contributed by atoms with Gasteiger partial charge in [0.1, 0.15) is 171 Å². The van der Waals surface area contributed by atoms with Gasteiger partial charge in [0.2, 0.25) is 0 Å². The van der Waals surface area contributed by atoms with E-state index in [-0.39, 0.29) is 46.2 Å². The Morgan fingerprint density at radius 3 is 0.365 bits per heavy atom. The maximum absolute atomic E-state index is 7.49. The van der Waals surface area contributed by atoms with Crippen LogP contribution in [0.4, 0.5) is 0 Å². The van der Waals surface area contributed by atoms with Crippen LogP contribution in [0.2, 0.25) is 0 Å². The molecule has 0 aromatic heterocycles. The number of rotatable bonds is 56. The first-order valence-electron chi connectivity index (χ1n) is 47.3. The van der Waals surface area contributed by atoms with E-state index in [0.717, 1.165) is 89.9 Å². The molecule has 0 aromatic rings. The van der Waals surface area contributed by atoms with Crippen LogP contribution in [-0.2, 0) is 166 Å². The fraction of sp³-hybridized carbons (Fsp3) is 1.00. The number of unbranched alkanes of at least 4 members (excludes halogenated alkanes) is 14. The largest absolute Gasteiger partial charge is 0.382 e. The summed E-state index contributed by atoms with van der Waals surface area (Å²) in [4.78, 5) is 0. The van der Waals surface area contributed by atoms with Crippen molar-refractivity contribution in [3.8, 4) is 0 Å². The quantitative estimate of drug-likeness (QED) is 0.0511. The van der Waals surface area contributed by atoms with Crippen molar-refractivity contribution in [2.75, 3.05) is 192 Å². The monoisotopic (exact) mass is 1820 g/mol. The SMILES string of the molecule is CCCCCO[C@@H]1[C@@H](OC)[C@H]2O[C@H]3[C@H](OCCCCC)[C@@H](OC)[C@@H](O[C@H]4[C@H](OCCCCC)[C@@H](OC)[C@@H](O[C@H]5[C@H](OCCCCC)[C@@H](OC)[C@@H](O[C@H]6[C@H](OCCCCC)[C@@H](OC)[C@@H](O[C@H]7[C@H](OCCCCC)[C@@H](OC)[C@@H](O[C@H]8[C@H](OCCCCC)[C@@H](OC)[C@@H](O[C@@H]1[C@@H](COC)O2)O[C@@H]8COC)O[C@@H]7COC)O[C@@H]6COC)O[C@@H]5COC)O[C@@H]4COC)O[C@@H]3COC. The molecule has 0 radical (unpaired) electrons. The zero-order chi connectivity index (χ0) is 90.7. The Morgan fingerprint density at radius 1 is 0.151 bits per heavy atom. The van der Waals surface area contributed by atoms with Gasteiger partial charge < -0.3 is 166 Å². The third-order valence-corrected chi connectivity index (χ3v) is 24.8. The normalized spacial score (nSPS) is 38.5. The lowest BCUT2D eigenvalue weighted by Gasteiger charge is -2.53. The molecule has 0 amide bonds. The fourth-order valence-electron chi connectivity index (χ4n) is 18.3. The molecular formula is C91H168O35. The van der Waals surface area contributed by atoms with Gasteiger partial charge in [-0.2, -0.15) is 0 Å². The van der Waals surface area contributed by atoms with E-state index in [0.29, 0.717) is 91.2 Å². The molecule has 35 nitrogen and oxygen atoms in total. The van der Waals surface area contributed by atoms with Gasteiger partial charge in [-0.1, -0.05) is 138 Å². The maximum atomic E-state index is 7.49. The predicted molar refractivity (Wildman–Crippen MR) is 458 cm³/mol. The van der Waals surface area contributed by atoms with Gasteiger partial charge in [0, 0.05) is 146 Å². The highest BCUT2D eigenvalue weighted by atomic mass is 16.8. The van der Waals surface area contributed by atoms with E-state index in [2.05, 4.69) is 48.5 Å². The first kappa shape index (κ1) is 110. The van der Waals surface area contributed by atoms with Crippen LogP contribution in [0.25, 0.3) is 0 Å². The summed E-state index contributed by atoms with van der Waals surface area (Å²) in [7, 11) is 22.3. The molecule has 21 heterocycles. The van der Waals surface area contributed by atoms with Crippen LogP contribution in [0.1, 0.15) is 183 Å². The Balaban J connectivity index is 1.36. The van der Waals surface area contributed by atoms with Crippen molar-refractivity contribution in [2.45, 2.75) is 398 Å². The Hall–Kier alpha value is -1.40. The number of ether oxygens (including phenoxy) is 35. The molecule has 0 saturated carbocycles. The van der Waals surface area contributed by atoms with Crippen molar-refractivity contribution in [3.05, 3.63) is 0 Å². The van der Waals surface area contributed by atoms with Gasteiger partial charge in [-0.3, -0.25) is 0 Å². The van der Waals surface area contributed by atoms with Crippen LogP contribution in [-0.4, -0.2) is 407 Å². The third-order valence-electron chi connectivity index (χ3n) is 24.8. The van der Waals surface area contributed by atoms with Gasteiger partial charge >= 0.3 is 0 Å². The zero-order valence-corrected chi connectivity index (χ0v) is 80.2. The maximum Gasteiger partial charge on any atom is 0.187 e. The summed E-state index contributed by atoms with van der Waals surface area (Å²) >= 11 is 0. The van der Waals surface area contributed by atoms with E-state index in [4.69, 9.17) is 166 Å². The van der Waals surface area contributed by atoms with E-state index in [9.17, 15) is 0 Å². The van der Waals surface area contributed by atoms with E-state index < -0.39 is 215 Å². The molecule has 0 unspecified atom stereocenters. The molecule has 0 spiro atoms. The lowest BCUT2D eigenvalue weighted by atomic mass is 9.94. The van der Waals surface area contributed by atoms with Crippen molar-refractivity contribution in [1.29, 1.82) is 0 Å². The topological polar surface area (TPSA) is 323 Å². The smallest absolute Gasteiger partial charge is 0.187 e. The van der Waals surface area contributed by atoms with E-state index in [1.54, 1.807) is 99.5 Å². The van der Waals surface area contributed by atoms with Crippen molar-refractivity contribution >= 4 is 0 Å². The van der Waals surface area contributed by atoms with Crippen LogP contribution in [0.5, 0.6) is 0 Å². The summed E-state index contributed by atoms with van der Waals surface area (Å²) < 4.78 is 243. The van der Waals surface area contributed by atoms with Gasteiger partial charge in [-0.25, -0.2) is 0 Å². The van der Waals surface area contributed by atoms with Crippen molar-refractivity contribution < 1.29 is 166 Å². The van der Waals surface area contributed by atoms with Gasteiger partial charge in [-0.05, 0) is 44.9 Å². The molecular weight excluding hydrogens is 1650 g/mol. The molecule has 35 heteroatoms. The van der Waals surface area contributed by atoms with Crippen LogP contribution in [0, 0.1) is 0 Å². The number of methoxy groups -OCH3 is 14. The molecule has 21 rings (SSSR count). The molecule has 21 saturated heterocycles. The average Bonchev–Trinajstić information content (AvgIpc) is 0.770. The minimum Gasteiger partial charge on any atom is -0.382 e. The fourth-order valence-corrected chi connectivity index (χ4v) is 18.3. The van der Waals surface area contributed by atoms with Crippen LogP contribution in [0.15, 0.2) is 0 Å². The third kappa shape index (κ3) is 30.5. The highest BCUT2D eigenvalue weighted by Gasteiger charge is 2.63. The summed E-state index contributed by atoms with van der Waals surface area (Å²) in [5.41, 5.74) is 0. The summed E-state index contributed by atoms with van der Waals surface area (Å²) in [6.45, 7) is 17.0. The Morgan fingerprint density at radius 2 is 0.270 bits per heavy atom. The molecule has 0 aliphatic carbocycles. The first-order valence-corrected chi connectivity index (χ1v) is 47.3.